The van der Waals surface area contributed by atoms with Gasteiger partial charge in [0.1, 0.15) is 12.7 Å². The Bertz CT molecular complexity index is 826. The molecule has 0 aliphatic heterocycles. The molecule has 8 heteroatoms. The van der Waals surface area contributed by atoms with Crippen LogP contribution in [-0.4, -0.2) is 27.3 Å². The average Bonchev–Trinajstić information content (AvgIpc) is 3.36. The topological polar surface area (TPSA) is 67.1 Å². The summed E-state index contributed by atoms with van der Waals surface area (Å²) >= 11 is 1.85. The van der Waals surface area contributed by atoms with Crippen molar-refractivity contribution in [1.82, 2.24) is 25.4 Å². The van der Waals surface area contributed by atoms with Crippen LogP contribution >= 0.6 is 35.3 Å². The maximum Gasteiger partial charge on any atom is 0.191 e. The molecule has 0 spiro atoms. The van der Waals surface area contributed by atoms with E-state index in [9.17, 15) is 0 Å². The van der Waals surface area contributed by atoms with Crippen LogP contribution in [0.3, 0.4) is 0 Å². The van der Waals surface area contributed by atoms with Crippen molar-refractivity contribution in [2.45, 2.75) is 33.4 Å². The van der Waals surface area contributed by atoms with Crippen LogP contribution in [0.5, 0.6) is 0 Å². The highest BCUT2D eigenvalue weighted by molar-refractivity contribution is 14.0. The van der Waals surface area contributed by atoms with Crippen molar-refractivity contribution in [2.24, 2.45) is 4.99 Å². The summed E-state index contributed by atoms with van der Waals surface area (Å²) in [5, 5.41) is 10.8. The summed E-state index contributed by atoms with van der Waals surface area (Å²) in [4.78, 5) is 11.4. The number of nitrogens with zero attached hydrogens (tertiary/aromatic N) is 4. The predicted molar refractivity (Wildman–Crippen MR) is 122 cm³/mol. The molecule has 0 saturated heterocycles. The number of guanidine groups is 1. The summed E-state index contributed by atoms with van der Waals surface area (Å²) in [5.74, 6) is 0.833. The molecule has 0 aliphatic rings. The largest absolute Gasteiger partial charge is 0.357 e. The fourth-order valence-electron chi connectivity index (χ4n) is 2.49. The van der Waals surface area contributed by atoms with Gasteiger partial charge in [-0.05, 0) is 43.2 Å². The Balaban J connectivity index is 0.00000261. The molecule has 27 heavy (non-hydrogen) atoms. The molecular weight excluding hydrogens is 471 g/mol. The van der Waals surface area contributed by atoms with Gasteiger partial charge in [0.2, 0.25) is 0 Å². The highest BCUT2D eigenvalue weighted by Gasteiger charge is 2.02. The van der Waals surface area contributed by atoms with Crippen LogP contribution in [0.2, 0.25) is 0 Å². The second kappa shape index (κ2) is 11.0. The van der Waals surface area contributed by atoms with Gasteiger partial charge < -0.3 is 10.6 Å². The molecule has 144 valence electrons. The van der Waals surface area contributed by atoms with Gasteiger partial charge in [-0.3, -0.25) is 0 Å². The Morgan fingerprint density at radius 1 is 1.07 bits per heavy atom. The first kappa shape index (κ1) is 21.4. The van der Waals surface area contributed by atoms with Gasteiger partial charge in [-0.15, -0.1) is 35.3 Å². The number of aliphatic imine (C=N–C) groups is 1. The number of aromatic nitrogens is 3. The number of hydrogen-bond donors (Lipinski definition) is 2. The summed E-state index contributed by atoms with van der Waals surface area (Å²) in [6.45, 7) is 6.51. The molecule has 0 aliphatic carbocycles. The van der Waals surface area contributed by atoms with Crippen molar-refractivity contribution < 1.29 is 0 Å². The number of halogens is 1. The van der Waals surface area contributed by atoms with Crippen molar-refractivity contribution in [3.63, 3.8) is 0 Å². The molecule has 2 N–H and O–H groups in total. The molecular formula is C19H25IN6S. The predicted octanol–water partition coefficient (Wildman–Crippen LogP) is 3.76. The molecule has 0 fully saturated rings. The number of aryl methyl sites for hydroxylation is 1. The second-order valence-corrected chi connectivity index (χ2v) is 7.03. The summed E-state index contributed by atoms with van der Waals surface area (Å²) in [7, 11) is 0. The number of nitrogens with one attached hydrogen (secondary N) is 2. The van der Waals surface area contributed by atoms with Crippen LogP contribution < -0.4 is 10.6 Å². The maximum atomic E-state index is 4.68. The van der Waals surface area contributed by atoms with Gasteiger partial charge in [-0.2, -0.15) is 5.10 Å². The SMILES string of the molecule is CCNC(=NCc1ccc(-n2cncn2)cc1)NCc1ccc(CC)s1.I. The monoisotopic (exact) mass is 496 g/mol. The molecule has 0 saturated carbocycles. The fourth-order valence-corrected chi connectivity index (χ4v) is 3.38. The zero-order chi connectivity index (χ0) is 18.2. The number of hydrogen-bond acceptors (Lipinski definition) is 4. The van der Waals surface area contributed by atoms with Crippen molar-refractivity contribution in [3.8, 4) is 5.69 Å². The van der Waals surface area contributed by atoms with Crippen LogP contribution in [0.15, 0.2) is 54.0 Å². The van der Waals surface area contributed by atoms with Gasteiger partial charge in [-0.25, -0.2) is 14.7 Å². The zero-order valence-corrected chi connectivity index (χ0v) is 18.7. The number of thiophene rings is 1. The Labute approximate surface area is 181 Å². The van der Waals surface area contributed by atoms with E-state index in [-0.39, 0.29) is 24.0 Å². The van der Waals surface area contributed by atoms with Gasteiger partial charge in [-0.1, -0.05) is 19.1 Å². The van der Waals surface area contributed by atoms with Gasteiger partial charge in [0.15, 0.2) is 5.96 Å². The molecule has 0 amide bonds. The molecule has 2 heterocycles. The normalized spacial score (nSPS) is 11.1. The lowest BCUT2D eigenvalue weighted by molar-refractivity contribution is 0.823. The second-order valence-electron chi connectivity index (χ2n) is 5.78. The van der Waals surface area contributed by atoms with E-state index in [1.165, 1.54) is 16.1 Å². The van der Waals surface area contributed by atoms with E-state index in [0.717, 1.165) is 36.7 Å². The lowest BCUT2D eigenvalue weighted by atomic mass is 10.2. The Hall–Kier alpha value is -1.94. The molecule has 6 nitrogen and oxygen atoms in total. The molecule has 0 unspecified atom stereocenters. The van der Waals surface area contributed by atoms with Crippen LogP contribution in [0.4, 0.5) is 0 Å². The average molecular weight is 496 g/mol. The minimum absolute atomic E-state index is 0. The first-order chi connectivity index (χ1) is 12.8. The standard InChI is InChI=1S/C19H24N6S.HI/c1-3-17-9-10-18(26-17)12-23-19(21-4-2)22-11-15-5-7-16(8-6-15)25-14-20-13-24-25;/h5-10,13-14H,3-4,11-12H2,1-2H3,(H2,21,22,23);1H. The van der Waals surface area contributed by atoms with E-state index in [1.807, 2.05) is 23.5 Å². The molecule has 1 aromatic carbocycles. The summed E-state index contributed by atoms with van der Waals surface area (Å²) in [5.41, 5.74) is 2.14. The van der Waals surface area contributed by atoms with Gasteiger partial charge >= 0.3 is 0 Å². The van der Waals surface area contributed by atoms with Crippen LogP contribution in [0, 0.1) is 0 Å². The van der Waals surface area contributed by atoms with E-state index in [2.05, 4.69) is 63.8 Å². The van der Waals surface area contributed by atoms with E-state index >= 15 is 0 Å². The number of benzene rings is 1. The quantitative estimate of drug-likeness (QED) is 0.297. The number of rotatable bonds is 7. The summed E-state index contributed by atoms with van der Waals surface area (Å²) < 4.78 is 1.74. The van der Waals surface area contributed by atoms with E-state index in [1.54, 1.807) is 11.0 Å². The maximum absolute atomic E-state index is 4.68. The Kier molecular flexibility index (Phi) is 8.73. The van der Waals surface area contributed by atoms with Crippen molar-refractivity contribution in [3.05, 3.63) is 64.4 Å². The van der Waals surface area contributed by atoms with Gasteiger partial charge in [0.05, 0.1) is 18.8 Å². The lowest BCUT2D eigenvalue weighted by Crippen LogP contribution is -2.36. The molecule has 0 radical (unpaired) electrons. The highest BCUT2D eigenvalue weighted by Crippen LogP contribution is 2.16. The van der Waals surface area contributed by atoms with Crippen LogP contribution in [0.1, 0.15) is 29.2 Å². The Morgan fingerprint density at radius 3 is 2.48 bits per heavy atom. The smallest absolute Gasteiger partial charge is 0.191 e. The van der Waals surface area contributed by atoms with Crippen molar-refractivity contribution in [1.29, 1.82) is 0 Å². The van der Waals surface area contributed by atoms with Crippen LogP contribution in [0.25, 0.3) is 5.69 Å². The fraction of sp³-hybridized carbons (Fsp3) is 0.316. The zero-order valence-electron chi connectivity index (χ0n) is 15.6. The van der Waals surface area contributed by atoms with E-state index in [4.69, 9.17) is 0 Å². The highest BCUT2D eigenvalue weighted by atomic mass is 127. The third-order valence-electron chi connectivity index (χ3n) is 3.88. The van der Waals surface area contributed by atoms with Crippen molar-refractivity contribution >= 4 is 41.3 Å². The summed E-state index contributed by atoms with van der Waals surface area (Å²) in [6.07, 6.45) is 4.31. The molecule has 3 aromatic rings. The van der Waals surface area contributed by atoms with Crippen molar-refractivity contribution in [2.75, 3.05) is 6.54 Å². The van der Waals surface area contributed by atoms with Gasteiger partial charge in [0.25, 0.3) is 0 Å². The van der Waals surface area contributed by atoms with Crippen LogP contribution in [-0.2, 0) is 19.5 Å². The van der Waals surface area contributed by atoms with Gasteiger partial charge in [0, 0.05) is 16.3 Å². The lowest BCUT2D eigenvalue weighted by Gasteiger charge is -2.10. The van der Waals surface area contributed by atoms with E-state index in [0.29, 0.717) is 6.54 Å². The molecule has 0 bridgehead atoms. The molecule has 3 rings (SSSR count). The summed E-state index contributed by atoms with van der Waals surface area (Å²) in [6, 6.07) is 12.6. The minimum Gasteiger partial charge on any atom is -0.357 e. The Morgan fingerprint density at radius 2 is 1.85 bits per heavy atom. The third kappa shape index (κ3) is 6.31. The third-order valence-corrected chi connectivity index (χ3v) is 5.11. The minimum atomic E-state index is 0. The molecule has 0 atom stereocenters. The van der Waals surface area contributed by atoms with E-state index < -0.39 is 0 Å². The first-order valence-electron chi connectivity index (χ1n) is 8.82. The molecule has 2 aromatic heterocycles. The first-order valence-corrected chi connectivity index (χ1v) is 9.64.